The van der Waals surface area contributed by atoms with Crippen LogP contribution in [0, 0.1) is 11.8 Å². The lowest BCUT2D eigenvalue weighted by molar-refractivity contribution is -0.250. The van der Waals surface area contributed by atoms with Gasteiger partial charge in [-0.1, -0.05) is 13.8 Å². The normalized spacial score (nSPS) is 18.5. The Bertz CT molecular complexity index is 155. The minimum Gasteiger partial charge on any atom is -0.171 e. The van der Waals surface area contributed by atoms with Gasteiger partial charge in [0.25, 0.3) is 0 Å². The second kappa shape index (κ2) is 3.75. The van der Waals surface area contributed by atoms with Crippen molar-refractivity contribution in [1.29, 1.82) is 0 Å². The Morgan fingerprint density at radius 3 is 1.38 bits per heavy atom. The lowest BCUT2D eigenvalue weighted by atomic mass is 9.90. The number of rotatable bonds is 2. The van der Waals surface area contributed by atoms with E-state index < -0.39 is 30.6 Å². The standard InChI is InChI=1S/C7H10F6/c1-3-5(7(11,12)13)4(2)6(8,9)10/h4-5H,3H2,1-2H3/t4-,5?/m1/s1. The third-order valence-electron chi connectivity index (χ3n) is 1.98. The van der Waals surface area contributed by atoms with Crippen LogP contribution in [0.5, 0.6) is 0 Å². The van der Waals surface area contributed by atoms with Crippen LogP contribution in [-0.2, 0) is 0 Å². The first-order valence-electron chi connectivity index (χ1n) is 3.74. The molecule has 0 aliphatic carbocycles. The fraction of sp³-hybridized carbons (Fsp3) is 1.00. The first kappa shape index (κ1) is 12.6. The summed E-state index contributed by atoms with van der Waals surface area (Å²) in [6.07, 6.45) is -10.1. The van der Waals surface area contributed by atoms with Gasteiger partial charge in [0, 0.05) is 0 Å². The zero-order chi connectivity index (χ0) is 10.9. The minimum absolute atomic E-state index is 0.551. The molecule has 0 saturated heterocycles. The van der Waals surface area contributed by atoms with Gasteiger partial charge in [-0.25, -0.2) is 0 Å². The van der Waals surface area contributed by atoms with Gasteiger partial charge in [-0.3, -0.25) is 0 Å². The predicted octanol–water partition coefficient (Wildman–Crippen LogP) is 3.77. The van der Waals surface area contributed by atoms with Crippen LogP contribution in [0.1, 0.15) is 20.3 Å². The molecule has 1 unspecified atom stereocenters. The predicted molar refractivity (Wildman–Crippen MR) is 35.1 cm³/mol. The lowest BCUT2D eigenvalue weighted by Gasteiger charge is -2.26. The summed E-state index contributed by atoms with van der Waals surface area (Å²) in [5.74, 6) is -4.63. The fourth-order valence-corrected chi connectivity index (χ4v) is 1.10. The molecular formula is C7H10F6. The lowest BCUT2D eigenvalue weighted by Crippen LogP contribution is -2.36. The maximum atomic E-state index is 12.0. The molecular weight excluding hydrogens is 198 g/mol. The molecule has 0 aromatic carbocycles. The number of hydrogen-bond donors (Lipinski definition) is 0. The summed E-state index contributed by atoms with van der Waals surface area (Å²) >= 11 is 0. The summed E-state index contributed by atoms with van der Waals surface area (Å²) in [7, 11) is 0. The van der Waals surface area contributed by atoms with Crippen molar-refractivity contribution >= 4 is 0 Å². The molecule has 0 saturated carbocycles. The van der Waals surface area contributed by atoms with Crippen LogP contribution in [0.25, 0.3) is 0 Å². The van der Waals surface area contributed by atoms with E-state index in [1.165, 1.54) is 0 Å². The molecule has 0 heterocycles. The molecule has 0 aliphatic heterocycles. The first-order chi connectivity index (χ1) is 5.60. The fourth-order valence-electron chi connectivity index (χ4n) is 1.10. The largest absolute Gasteiger partial charge is 0.392 e. The zero-order valence-electron chi connectivity index (χ0n) is 7.13. The highest BCUT2D eigenvalue weighted by Crippen LogP contribution is 2.41. The molecule has 0 aliphatic rings. The molecule has 0 spiro atoms. The quantitative estimate of drug-likeness (QED) is 0.606. The molecule has 0 radical (unpaired) electrons. The van der Waals surface area contributed by atoms with E-state index in [0.29, 0.717) is 6.92 Å². The Balaban J connectivity index is 4.61. The van der Waals surface area contributed by atoms with Gasteiger partial charge in [-0.05, 0) is 6.42 Å². The second-order valence-electron chi connectivity index (χ2n) is 2.89. The van der Waals surface area contributed by atoms with Crippen LogP contribution < -0.4 is 0 Å². The van der Waals surface area contributed by atoms with Gasteiger partial charge in [0.15, 0.2) is 0 Å². The van der Waals surface area contributed by atoms with Crippen molar-refractivity contribution in [3.63, 3.8) is 0 Å². The van der Waals surface area contributed by atoms with Crippen LogP contribution in [-0.4, -0.2) is 12.4 Å². The molecule has 0 aromatic heterocycles. The maximum Gasteiger partial charge on any atom is 0.392 e. The molecule has 2 atom stereocenters. The Morgan fingerprint density at radius 1 is 0.923 bits per heavy atom. The highest BCUT2D eigenvalue weighted by atomic mass is 19.4. The third-order valence-corrected chi connectivity index (χ3v) is 1.98. The van der Waals surface area contributed by atoms with Gasteiger partial charge in [-0.2, -0.15) is 26.3 Å². The van der Waals surface area contributed by atoms with Crippen LogP contribution in [0.2, 0.25) is 0 Å². The summed E-state index contributed by atoms with van der Waals surface area (Å²) in [5.41, 5.74) is 0. The molecule has 0 aromatic rings. The highest BCUT2D eigenvalue weighted by molar-refractivity contribution is 4.77. The van der Waals surface area contributed by atoms with Crippen LogP contribution in [0.4, 0.5) is 26.3 Å². The van der Waals surface area contributed by atoms with Crippen molar-refractivity contribution in [3.05, 3.63) is 0 Å². The van der Waals surface area contributed by atoms with Crippen molar-refractivity contribution in [1.82, 2.24) is 0 Å². The van der Waals surface area contributed by atoms with E-state index >= 15 is 0 Å². The first-order valence-corrected chi connectivity index (χ1v) is 3.74. The molecule has 0 bridgehead atoms. The van der Waals surface area contributed by atoms with E-state index in [2.05, 4.69) is 0 Å². The number of halogens is 6. The van der Waals surface area contributed by atoms with Crippen molar-refractivity contribution < 1.29 is 26.3 Å². The summed E-state index contributed by atoms with van der Waals surface area (Å²) in [6, 6.07) is 0. The van der Waals surface area contributed by atoms with E-state index in [-0.39, 0.29) is 0 Å². The Labute approximate surface area is 71.9 Å². The summed E-state index contributed by atoms with van der Waals surface area (Å²) in [5, 5.41) is 0. The molecule has 80 valence electrons. The molecule has 0 fully saturated rings. The van der Waals surface area contributed by atoms with Crippen LogP contribution >= 0.6 is 0 Å². The molecule has 0 amide bonds. The van der Waals surface area contributed by atoms with Crippen LogP contribution in [0.3, 0.4) is 0 Å². The highest BCUT2D eigenvalue weighted by Gasteiger charge is 2.51. The average molecular weight is 208 g/mol. The van der Waals surface area contributed by atoms with Crippen molar-refractivity contribution in [3.8, 4) is 0 Å². The van der Waals surface area contributed by atoms with Gasteiger partial charge < -0.3 is 0 Å². The van der Waals surface area contributed by atoms with Gasteiger partial charge >= 0.3 is 12.4 Å². The average Bonchev–Trinajstić information content (AvgIpc) is 1.83. The number of hydrogen-bond acceptors (Lipinski definition) is 0. The van der Waals surface area contributed by atoms with Gasteiger partial charge in [-0.15, -0.1) is 0 Å². The van der Waals surface area contributed by atoms with Crippen molar-refractivity contribution in [2.45, 2.75) is 32.6 Å². The molecule has 0 N–H and O–H groups in total. The summed E-state index contributed by atoms with van der Waals surface area (Å²) in [6.45, 7) is 1.65. The van der Waals surface area contributed by atoms with Crippen molar-refractivity contribution in [2.75, 3.05) is 0 Å². The molecule has 0 nitrogen and oxygen atoms in total. The topological polar surface area (TPSA) is 0 Å². The van der Waals surface area contributed by atoms with Gasteiger partial charge in [0.2, 0.25) is 0 Å². The zero-order valence-corrected chi connectivity index (χ0v) is 7.13. The Hall–Kier alpha value is -0.420. The summed E-state index contributed by atoms with van der Waals surface area (Å²) < 4.78 is 71.8. The van der Waals surface area contributed by atoms with Gasteiger partial charge in [0.1, 0.15) is 0 Å². The maximum absolute atomic E-state index is 12.0. The third kappa shape index (κ3) is 3.44. The van der Waals surface area contributed by atoms with E-state index in [4.69, 9.17) is 0 Å². The second-order valence-corrected chi connectivity index (χ2v) is 2.89. The summed E-state index contributed by atoms with van der Waals surface area (Å²) in [4.78, 5) is 0. The molecule has 6 heteroatoms. The van der Waals surface area contributed by atoms with Crippen molar-refractivity contribution in [2.24, 2.45) is 11.8 Å². The van der Waals surface area contributed by atoms with E-state index in [1.807, 2.05) is 0 Å². The van der Waals surface area contributed by atoms with E-state index in [9.17, 15) is 26.3 Å². The van der Waals surface area contributed by atoms with E-state index in [1.54, 1.807) is 0 Å². The monoisotopic (exact) mass is 208 g/mol. The minimum atomic E-state index is -4.78. The smallest absolute Gasteiger partial charge is 0.171 e. The van der Waals surface area contributed by atoms with E-state index in [0.717, 1.165) is 6.92 Å². The Kier molecular flexibility index (Phi) is 3.63. The molecule has 0 rings (SSSR count). The molecule has 13 heavy (non-hydrogen) atoms. The SMILES string of the molecule is CCC([C@@H](C)C(F)(F)F)C(F)(F)F. The number of alkyl halides is 6. The van der Waals surface area contributed by atoms with Crippen LogP contribution in [0.15, 0.2) is 0 Å². The van der Waals surface area contributed by atoms with Gasteiger partial charge in [0.05, 0.1) is 11.8 Å². The Morgan fingerprint density at radius 2 is 1.31 bits per heavy atom.